The van der Waals surface area contributed by atoms with Crippen molar-refractivity contribution in [3.8, 4) is 0 Å². The third-order valence-corrected chi connectivity index (χ3v) is 2.44. The van der Waals surface area contributed by atoms with Crippen molar-refractivity contribution in [3.63, 3.8) is 0 Å². The molecule has 1 saturated carbocycles. The Hall–Kier alpha value is -0.710. The monoisotopic (exact) mass is 194 g/mol. The maximum atomic E-state index is 12.9. The highest BCUT2D eigenvalue weighted by atomic mass is 19.3. The van der Waals surface area contributed by atoms with Gasteiger partial charge in [0.25, 0.3) is 0 Å². The van der Waals surface area contributed by atoms with Gasteiger partial charge in [-0.05, 0) is 19.3 Å². The highest BCUT2D eigenvalue weighted by molar-refractivity contribution is 5.75. The minimum Gasteiger partial charge on any atom is -0.477 e. The van der Waals surface area contributed by atoms with E-state index in [4.69, 9.17) is 10.2 Å². The largest absolute Gasteiger partial charge is 0.477 e. The van der Waals surface area contributed by atoms with E-state index < -0.39 is 23.9 Å². The molecular formula is C8H12F2O3. The van der Waals surface area contributed by atoms with Gasteiger partial charge in [-0.1, -0.05) is 6.42 Å². The van der Waals surface area contributed by atoms with Crippen LogP contribution < -0.4 is 0 Å². The molecule has 0 aromatic rings. The Balaban J connectivity index is 2.64. The molecule has 2 unspecified atom stereocenters. The molecule has 5 heteroatoms. The van der Waals surface area contributed by atoms with Crippen LogP contribution in [-0.2, 0) is 4.79 Å². The van der Waals surface area contributed by atoms with E-state index >= 15 is 0 Å². The lowest BCUT2D eigenvalue weighted by Crippen LogP contribution is -2.40. The van der Waals surface area contributed by atoms with Gasteiger partial charge in [-0.2, -0.15) is 8.78 Å². The topological polar surface area (TPSA) is 57.5 Å². The first-order chi connectivity index (χ1) is 5.94. The molecule has 0 heterocycles. The molecule has 0 aliphatic heterocycles. The summed E-state index contributed by atoms with van der Waals surface area (Å²) in [6, 6.07) is 0. The van der Waals surface area contributed by atoms with Crippen LogP contribution in [0.5, 0.6) is 0 Å². The van der Waals surface area contributed by atoms with E-state index in [0.717, 1.165) is 0 Å². The standard InChI is InChI=1S/C8H12F2O3/c9-8(10,7(12)13)5-2-1-3-6(11)4-5/h5-6,11H,1-4H2,(H,12,13). The first-order valence-electron chi connectivity index (χ1n) is 4.24. The van der Waals surface area contributed by atoms with Crippen LogP contribution in [0.1, 0.15) is 25.7 Å². The lowest BCUT2D eigenvalue weighted by molar-refractivity contribution is -0.177. The fourth-order valence-electron chi connectivity index (χ4n) is 1.67. The van der Waals surface area contributed by atoms with E-state index in [9.17, 15) is 13.6 Å². The summed E-state index contributed by atoms with van der Waals surface area (Å²) < 4.78 is 25.8. The number of hydrogen-bond acceptors (Lipinski definition) is 2. The number of carboxylic acids is 1. The first-order valence-corrected chi connectivity index (χ1v) is 4.24. The quantitative estimate of drug-likeness (QED) is 0.695. The maximum Gasteiger partial charge on any atom is 0.374 e. The number of rotatable bonds is 2. The van der Waals surface area contributed by atoms with Gasteiger partial charge in [0, 0.05) is 5.92 Å². The average molecular weight is 194 g/mol. The lowest BCUT2D eigenvalue weighted by Gasteiger charge is -2.29. The second-order valence-corrected chi connectivity index (χ2v) is 3.45. The summed E-state index contributed by atoms with van der Waals surface area (Å²) in [5.74, 6) is -7.00. The predicted octanol–water partition coefficient (Wildman–Crippen LogP) is 1.26. The van der Waals surface area contributed by atoms with Crippen molar-refractivity contribution in [2.75, 3.05) is 0 Å². The molecule has 0 aromatic heterocycles. The average Bonchev–Trinajstić information content (AvgIpc) is 2.04. The second kappa shape index (κ2) is 3.57. The Labute approximate surface area is 74.4 Å². The molecular weight excluding hydrogens is 182 g/mol. The van der Waals surface area contributed by atoms with E-state index in [1.165, 1.54) is 0 Å². The van der Waals surface area contributed by atoms with E-state index in [1.54, 1.807) is 0 Å². The predicted molar refractivity (Wildman–Crippen MR) is 40.5 cm³/mol. The van der Waals surface area contributed by atoms with Gasteiger partial charge in [0.15, 0.2) is 0 Å². The third kappa shape index (κ3) is 2.15. The first kappa shape index (κ1) is 10.4. The van der Waals surface area contributed by atoms with Crippen LogP contribution >= 0.6 is 0 Å². The number of carbonyl (C=O) groups is 1. The fraction of sp³-hybridized carbons (Fsp3) is 0.875. The molecule has 1 rings (SSSR count). The maximum absolute atomic E-state index is 12.9. The van der Waals surface area contributed by atoms with Crippen molar-refractivity contribution < 1.29 is 23.8 Å². The van der Waals surface area contributed by atoms with Crippen molar-refractivity contribution in [1.29, 1.82) is 0 Å². The van der Waals surface area contributed by atoms with Crippen LogP contribution in [0.4, 0.5) is 8.78 Å². The molecule has 0 radical (unpaired) electrons. The fourth-order valence-corrected chi connectivity index (χ4v) is 1.67. The number of aliphatic carboxylic acids is 1. The van der Waals surface area contributed by atoms with Crippen LogP contribution in [0.25, 0.3) is 0 Å². The Morgan fingerprint density at radius 1 is 1.38 bits per heavy atom. The summed E-state index contributed by atoms with van der Waals surface area (Å²) in [4.78, 5) is 10.2. The molecule has 0 aromatic carbocycles. The van der Waals surface area contributed by atoms with Crippen molar-refractivity contribution in [1.82, 2.24) is 0 Å². The van der Waals surface area contributed by atoms with Crippen molar-refractivity contribution in [2.24, 2.45) is 5.92 Å². The molecule has 3 nitrogen and oxygen atoms in total. The Bertz CT molecular complexity index is 206. The van der Waals surface area contributed by atoms with E-state index in [1.807, 2.05) is 0 Å². The smallest absolute Gasteiger partial charge is 0.374 e. The molecule has 76 valence electrons. The summed E-state index contributed by atoms with van der Waals surface area (Å²) >= 11 is 0. The van der Waals surface area contributed by atoms with Crippen molar-refractivity contribution in [3.05, 3.63) is 0 Å². The number of alkyl halides is 2. The number of aliphatic hydroxyl groups excluding tert-OH is 1. The van der Waals surface area contributed by atoms with Crippen LogP contribution in [0.3, 0.4) is 0 Å². The van der Waals surface area contributed by atoms with Crippen LogP contribution in [0, 0.1) is 5.92 Å². The zero-order valence-corrected chi connectivity index (χ0v) is 7.04. The van der Waals surface area contributed by atoms with Crippen LogP contribution in [-0.4, -0.2) is 28.2 Å². The highest BCUT2D eigenvalue weighted by Gasteiger charge is 2.48. The molecule has 13 heavy (non-hydrogen) atoms. The van der Waals surface area contributed by atoms with E-state index in [2.05, 4.69) is 0 Å². The number of hydrogen-bond donors (Lipinski definition) is 2. The summed E-state index contributed by atoms with van der Waals surface area (Å²) in [6.07, 6.45) is 0.250. The summed E-state index contributed by atoms with van der Waals surface area (Å²) in [5, 5.41) is 17.3. The van der Waals surface area contributed by atoms with Crippen LogP contribution in [0.15, 0.2) is 0 Å². The van der Waals surface area contributed by atoms with Gasteiger partial charge in [-0.25, -0.2) is 4.79 Å². The van der Waals surface area contributed by atoms with Gasteiger partial charge in [-0.15, -0.1) is 0 Å². The minimum absolute atomic E-state index is 0.112. The third-order valence-electron chi connectivity index (χ3n) is 2.44. The Kier molecular flexibility index (Phi) is 2.85. The highest BCUT2D eigenvalue weighted by Crippen LogP contribution is 2.36. The zero-order valence-electron chi connectivity index (χ0n) is 7.04. The van der Waals surface area contributed by atoms with Crippen LogP contribution in [0.2, 0.25) is 0 Å². The normalized spacial score (nSPS) is 30.1. The summed E-state index contributed by atoms with van der Waals surface area (Å²) in [7, 11) is 0. The number of aliphatic hydroxyl groups is 1. The second-order valence-electron chi connectivity index (χ2n) is 3.45. The molecule has 0 amide bonds. The summed E-state index contributed by atoms with van der Waals surface area (Å²) in [5.41, 5.74) is 0. The summed E-state index contributed by atoms with van der Waals surface area (Å²) in [6.45, 7) is 0. The van der Waals surface area contributed by atoms with Gasteiger partial charge in [-0.3, -0.25) is 0 Å². The molecule has 0 spiro atoms. The van der Waals surface area contributed by atoms with Gasteiger partial charge < -0.3 is 10.2 Å². The van der Waals surface area contributed by atoms with Crippen molar-refractivity contribution >= 4 is 5.97 Å². The Morgan fingerprint density at radius 3 is 2.46 bits per heavy atom. The molecule has 2 atom stereocenters. The lowest BCUT2D eigenvalue weighted by atomic mass is 9.83. The molecule has 0 saturated heterocycles. The molecule has 1 fully saturated rings. The number of carboxylic acid groups (broad SMARTS) is 1. The molecule has 1 aliphatic rings. The molecule has 1 aliphatic carbocycles. The van der Waals surface area contributed by atoms with Crippen molar-refractivity contribution in [2.45, 2.75) is 37.7 Å². The minimum atomic E-state index is -3.69. The molecule has 0 bridgehead atoms. The van der Waals surface area contributed by atoms with Gasteiger partial charge >= 0.3 is 11.9 Å². The van der Waals surface area contributed by atoms with Gasteiger partial charge in [0.1, 0.15) is 0 Å². The van der Waals surface area contributed by atoms with Gasteiger partial charge in [0.05, 0.1) is 6.10 Å². The number of halogens is 2. The molecule has 2 N–H and O–H groups in total. The van der Waals surface area contributed by atoms with Gasteiger partial charge in [0.2, 0.25) is 0 Å². The zero-order chi connectivity index (χ0) is 10.1. The van der Waals surface area contributed by atoms with E-state index in [-0.39, 0.29) is 12.8 Å². The SMILES string of the molecule is O=C(O)C(F)(F)C1CCCC(O)C1. The Morgan fingerprint density at radius 2 is 2.00 bits per heavy atom. The van der Waals surface area contributed by atoms with E-state index in [0.29, 0.717) is 12.8 Å².